The van der Waals surface area contributed by atoms with Gasteiger partial charge in [-0.2, -0.15) is 13.2 Å². The van der Waals surface area contributed by atoms with Crippen molar-refractivity contribution < 1.29 is 13.2 Å². The van der Waals surface area contributed by atoms with Crippen LogP contribution in [-0.4, -0.2) is 6.18 Å². The Bertz CT molecular complexity index is 119. The molecule has 0 N–H and O–H groups in total. The summed E-state index contributed by atoms with van der Waals surface area (Å²) in [4.78, 5) is 0. The smallest absolute Gasteiger partial charge is 0.169 e. The molecule has 0 aromatic carbocycles. The molecular weight excluding hydrogens is 149 g/mol. The molecule has 0 aromatic heterocycles. The maximum atomic E-state index is 11.7. The largest absolute Gasteiger partial charge is 0.405 e. The van der Waals surface area contributed by atoms with Crippen LogP contribution in [-0.2, 0) is 0 Å². The summed E-state index contributed by atoms with van der Waals surface area (Å²) < 4.78 is 35.0. The summed E-state index contributed by atoms with van der Waals surface area (Å²) >= 11 is 0.760. The van der Waals surface area contributed by atoms with E-state index < -0.39 is 11.4 Å². The standard InChI is InChI=1S/C5H4F3S/c6-5(7,8)4-2-1-3-9-4/h1,3H,2H2. The number of thioether (sulfide) groups is 1. The zero-order chi connectivity index (χ0) is 6.91. The molecular formula is C5H4F3S. The Labute approximate surface area is 55.1 Å². The number of rotatable bonds is 0. The lowest BCUT2D eigenvalue weighted by atomic mass is 10.3. The van der Waals surface area contributed by atoms with Gasteiger partial charge in [-0.15, -0.1) is 11.8 Å². The topological polar surface area (TPSA) is 0 Å². The van der Waals surface area contributed by atoms with Crippen LogP contribution in [0.15, 0.2) is 11.5 Å². The Kier molecular flexibility index (Phi) is 1.75. The van der Waals surface area contributed by atoms with E-state index in [0.717, 1.165) is 11.8 Å². The molecule has 0 saturated carbocycles. The van der Waals surface area contributed by atoms with Crippen molar-refractivity contribution in [2.24, 2.45) is 0 Å². The highest BCUT2D eigenvalue weighted by Gasteiger charge is 2.41. The van der Waals surface area contributed by atoms with E-state index in [2.05, 4.69) is 0 Å². The molecule has 0 bridgehead atoms. The Morgan fingerprint density at radius 2 is 2.11 bits per heavy atom. The van der Waals surface area contributed by atoms with Crippen molar-refractivity contribution in [2.75, 3.05) is 0 Å². The molecule has 1 aliphatic heterocycles. The van der Waals surface area contributed by atoms with Gasteiger partial charge in [0, 0.05) is 0 Å². The minimum absolute atomic E-state index is 0.0498. The van der Waals surface area contributed by atoms with E-state index in [9.17, 15) is 13.2 Å². The third-order valence-corrected chi connectivity index (χ3v) is 1.94. The average Bonchev–Trinajstić information content (AvgIpc) is 2.08. The first-order chi connectivity index (χ1) is 4.11. The summed E-state index contributed by atoms with van der Waals surface area (Å²) in [6.07, 6.45) is -2.55. The van der Waals surface area contributed by atoms with Crippen LogP contribution in [0.2, 0.25) is 0 Å². The van der Waals surface area contributed by atoms with Crippen LogP contribution in [0.3, 0.4) is 0 Å². The van der Waals surface area contributed by atoms with Gasteiger partial charge in [0.2, 0.25) is 0 Å². The molecule has 1 heterocycles. The molecule has 0 saturated heterocycles. The fourth-order valence-electron chi connectivity index (χ4n) is 0.516. The Hall–Kier alpha value is -0.120. The molecule has 1 aliphatic rings. The van der Waals surface area contributed by atoms with E-state index in [1.54, 1.807) is 0 Å². The zero-order valence-corrected chi connectivity index (χ0v) is 5.22. The van der Waals surface area contributed by atoms with E-state index in [1.807, 2.05) is 0 Å². The van der Waals surface area contributed by atoms with Crippen LogP contribution in [0.1, 0.15) is 6.42 Å². The third-order valence-electron chi connectivity index (χ3n) is 0.926. The number of allylic oxidation sites excluding steroid dienone is 1. The normalized spacial score (nSPS) is 21.2. The molecule has 0 nitrogen and oxygen atoms in total. The highest BCUT2D eigenvalue weighted by atomic mass is 32.2. The second-order valence-corrected chi connectivity index (χ2v) is 2.62. The van der Waals surface area contributed by atoms with Gasteiger partial charge < -0.3 is 0 Å². The quantitative estimate of drug-likeness (QED) is 0.515. The van der Waals surface area contributed by atoms with Crippen LogP contribution in [0.4, 0.5) is 13.2 Å². The fraction of sp³-hybridized carbons (Fsp3) is 0.400. The van der Waals surface area contributed by atoms with Crippen molar-refractivity contribution in [3.05, 3.63) is 16.7 Å². The van der Waals surface area contributed by atoms with Gasteiger partial charge in [0.15, 0.2) is 0 Å². The minimum atomic E-state index is -4.10. The first-order valence-electron chi connectivity index (χ1n) is 2.35. The van der Waals surface area contributed by atoms with Gasteiger partial charge in [0.25, 0.3) is 0 Å². The molecule has 0 fully saturated rings. The van der Waals surface area contributed by atoms with Crippen LogP contribution in [0, 0.1) is 5.25 Å². The fourth-order valence-corrected chi connectivity index (χ4v) is 1.20. The Balaban J connectivity index is 2.46. The van der Waals surface area contributed by atoms with Crippen molar-refractivity contribution in [2.45, 2.75) is 12.6 Å². The first kappa shape index (κ1) is 6.99. The predicted molar refractivity (Wildman–Crippen MR) is 30.6 cm³/mol. The van der Waals surface area contributed by atoms with Gasteiger partial charge in [-0.05, 0) is 11.8 Å². The van der Waals surface area contributed by atoms with Crippen molar-refractivity contribution >= 4 is 11.8 Å². The number of hydrogen-bond donors (Lipinski definition) is 0. The summed E-state index contributed by atoms with van der Waals surface area (Å²) in [5.41, 5.74) is 0. The zero-order valence-electron chi connectivity index (χ0n) is 4.40. The average molecular weight is 153 g/mol. The number of halogens is 3. The van der Waals surface area contributed by atoms with Crippen molar-refractivity contribution in [1.82, 2.24) is 0 Å². The SMILES string of the molecule is FC(F)(F)[C]1CC=CS1. The molecule has 4 heteroatoms. The summed E-state index contributed by atoms with van der Waals surface area (Å²) in [5.74, 6) is 0. The highest BCUT2D eigenvalue weighted by Crippen LogP contribution is 2.43. The maximum absolute atomic E-state index is 11.7. The van der Waals surface area contributed by atoms with Gasteiger partial charge in [-0.1, -0.05) is 6.08 Å². The van der Waals surface area contributed by atoms with Gasteiger partial charge in [0.05, 0.1) is 0 Å². The monoisotopic (exact) mass is 153 g/mol. The number of hydrogen-bond acceptors (Lipinski definition) is 1. The van der Waals surface area contributed by atoms with Gasteiger partial charge in [-0.3, -0.25) is 0 Å². The lowest BCUT2D eigenvalue weighted by molar-refractivity contribution is -0.102. The molecule has 0 spiro atoms. The summed E-state index contributed by atoms with van der Waals surface area (Å²) in [5, 5.41) is 1.05. The summed E-state index contributed by atoms with van der Waals surface area (Å²) in [6.45, 7) is 0. The molecule has 0 unspecified atom stereocenters. The minimum Gasteiger partial charge on any atom is -0.169 e. The van der Waals surface area contributed by atoms with Crippen molar-refractivity contribution in [3.8, 4) is 0 Å². The molecule has 0 aromatic rings. The van der Waals surface area contributed by atoms with E-state index in [0.29, 0.717) is 0 Å². The van der Waals surface area contributed by atoms with Crippen LogP contribution in [0.25, 0.3) is 0 Å². The summed E-state index contributed by atoms with van der Waals surface area (Å²) in [6, 6.07) is 0. The van der Waals surface area contributed by atoms with E-state index in [1.165, 1.54) is 11.5 Å². The lowest BCUT2D eigenvalue weighted by Gasteiger charge is -2.10. The Morgan fingerprint density at radius 1 is 1.44 bits per heavy atom. The molecule has 0 aliphatic carbocycles. The number of alkyl halides is 3. The third kappa shape index (κ3) is 1.64. The van der Waals surface area contributed by atoms with E-state index >= 15 is 0 Å². The first-order valence-corrected chi connectivity index (χ1v) is 3.23. The van der Waals surface area contributed by atoms with Crippen molar-refractivity contribution in [1.29, 1.82) is 0 Å². The molecule has 1 radical (unpaired) electrons. The van der Waals surface area contributed by atoms with Gasteiger partial charge in [0.1, 0.15) is 5.25 Å². The molecule has 0 atom stereocenters. The molecule has 0 amide bonds. The Morgan fingerprint density at radius 3 is 2.33 bits per heavy atom. The van der Waals surface area contributed by atoms with E-state index in [4.69, 9.17) is 0 Å². The van der Waals surface area contributed by atoms with Crippen LogP contribution >= 0.6 is 11.8 Å². The highest BCUT2D eigenvalue weighted by molar-refractivity contribution is 8.05. The van der Waals surface area contributed by atoms with Gasteiger partial charge in [-0.25, -0.2) is 0 Å². The summed E-state index contributed by atoms with van der Waals surface area (Å²) in [7, 11) is 0. The second-order valence-electron chi connectivity index (χ2n) is 1.61. The van der Waals surface area contributed by atoms with E-state index in [-0.39, 0.29) is 6.42 Å². The lowest BCUT2D eigenvalue weighted by Crippen LogP contribution is -2.14. The van der Waals surface area contributed by atoms with Crippen LogP contribution < -0.4 is 0 Å². The predicted octanol–water partition coefficient (Wildman–Crippen LogP) is 2.73. The molecule has 1 rings (SSSR count). The van der Waals surface area contributed by atoms with Crippen molar-refractivity contribution in [3.63, 3.8) is 0 Å². The second kappa shape index (κ2) is 2.25. The molecule has 9 heavy (non-hydrogen) atoms. The van der Waals surface area contributed by atoms with Crippen LogP contribution in [0.5, 0.6) is 0 Å². The molecule has 51 valence electrons. The van der Waals surface area contributed by atoms with Gasteiger partial charge >= 0.3 is 6.18 Å². The maximum Gasteiger partial charge on any atom is 0.405 e.